The number of aromatic nitrogens is 4. The van der Waals surface area contributed by atoms with Gasteiger partial charge in [0.05, 0.1) is 11.9 Å². The third-order valence-corrected chi connectivity index (χ3v) is 4.42. The highest BCUT2D eigenvalue weighted by atomic mass is 16.1. The van der Waals surface area contributed by atoms with Crippen molar-refractivity contribution in [1.82, 2.24) is 25.3 Å². The average molecular weight is 384 g/mol. The van der Waals surface area contributed by atoms with Crippen LogP contribution in [0.15, 0.2) is 67.1 Å². The molecule has 1 amide bonds. The third kappa shape index (κ3) is 4.14. The summed E-state index contributed by atoms with van der Waals surface area (Å²) >= 11 is 0. The predicted molar refractivity (Wildman–Crippen MR) is 114 cm³/mol. The van der Waals surface area contributed by atoms with Gasteiger partial charge in [0, 0.05) is 25.3 Å². The molecule has 0 aliphatic rings. The fraction of sp³-hybridized carbons (Fsp3) is 0.0909. The molecule has 7 nitrogen and oxygen atoms in total. The van der Waals surface area contributed by atoms with Crippen LogP contribution in [0.3, 0.4) is 0 Å². The Balaban J connectivity index is 1.72. The monoisotopic (exact) mass is 384 g/mol. The van der Waals surface area contributed by atoms with E-state index < -0.39 is 0 Å². The molecule has 0 aliphatic carbocycles. The minimum Gasteiger partial charge on any atom is -0.378 e. The van der Waals surface area contributed by atoms with E-state index in [1.54, 1.807) is 18.3 Å². The maximum atomic E-state index is 12.7. The number of H-pyrrole nitrogens is 1. The van der Waals surface area contributed by atoms with Crippen LogP contribution in [0, 0.1) is 0 Å². The van der Waals surface area contributed by atoms with Gasteiger partial charge < -0.3 is 15.2 Å². The Hall–Kier alpha value is -4.00. The number of carbonyl (C=O) groups excluding carboxylic acids is 1. The topological polar surface area (TPSA) is 86.8 Å². The molecular formula is C22H20N6O. The molecule has 0 atom stereocenters. The molecule has 4 aromatic rings. The molecule has 2 aromatic carbocycles. The quantitative estimate of drug-likeness (QED) is 0.551. The highest BCUT2D eigenvalue weighted by Crippen LogP contribution is 2.19. The molecule has 2 heterocycles. The van der Waals surface area contributed by atoms with Gasteiger partial charge in [-0.1, -0.05) is 30.3 Å². The van der Waals surface area contributed by atoms with E-state index >= 15 is 0 Å². The normalized spacial score (nSPS) is 11.4. The van der Waals surface area contributed by atoms with Gasteiger partial charge in [-0.25, -0.2) is 15.0 Å². The van der Waals surface area contributed by atoms with Crippen LogP contribution in [-0.4, -0.2) is 39.9 Å². The van der Waals surface area contributed by atoms with E-state index in [4.69, 9.17) is 0 Å². The molecule has 0 fully saturated rings. The largest absolute Gasteiger partial charge is 0.378 e. The lowest BCUT2D eigenvalue weighted by Gasteiger charge is -2.12. The van der Waals surface area contributed by atoms with E-state index in [2.05, 4.69) is 25.3 Å². The van der Waals surface area contributed by atoms with E-state index in [1.165, 1.54) is 6.33 Å². The first kappa shape index (κ1) is 18.4. The molecule has 0 radical (unpaired) electrons. The number of hydrogen-bond acceptors (Lipinski definition) is 5. The maximum absolute atomic E-state index is 12.7. The van der Waals surface area contributed by atoms with Crippen molar-refractivity contribution in [3.63, 3.8) is 0 Å². The molecule has 7 heteroatoms. The van der Waals surface area contributed by atoms with E-state index in [0.717, 1.165) is 11.3 Å². The van der Waals surface area contributed by atoms with E-state index in [0.29, 0.717) is 28.2 Å². The standard InChI is InChI=1S/C22H20N6O/c1-28(2)17-10-8-15(9-11-17)12-18(26-22(29)16-6-4-3-5-7-16)21-25-19-13-23-14-24-20(19)27-21/h3-14H,1-2H3,(H,26,29)(H,23,24,25,27)/b18-12-. The lowest BCUT2D eigenvalue weighted by molar-refractivity contribution is 0.0973. The Labute approximate surface area is 168 Å². The summed E-state index contributed by atoms with van der Waals surface area (Å²) < 4.78 is 0. The molecule has 0 spiro atoms. The molecular weight excluding hydrogens is 364 g/mol. The van der Waals surface area contributed by atoms with Crippen LogP contribution < -0.4 is 10.2 Å². The number of anilines is 1. The van der Waals surface area contributed by atoms with Crippen LogP contribution in [0.5, 0.6) is 0 Å². The molecule has 29 heavy (non-hydrogen) atoms. The lowest BCUT2D eigenvalue weighted by atomic mass is 10.1. The van der Waals surface area contributed by atoms with Crippen molar-refractivity contribution in [2.24, 2.45) is 0 Å². The molecule has 144 valence electrons. The number of nitrogens with one attached hydrogen (secondary N) is 2. The molecule has 0 saturated heterocycles. The zero-order valence-electron chi connectivity index (χ0n) is 16.1. The van der Waals surface area contributed by atoms with Crippen LogP contribution in [0.4, 0.5) is 5.69 Å². The van der Waals surface area contributed by atoms with Gasteiger partial charge in [-0.05, 0) is 35.9 Å². The highest BCUT2D eigenvalue weighted by molar-refractivity contribution is 6.01. The Kier molecular flexibility index (Phi) is 5.03. The van der Waals surface area contributed by atoms with Gasteiger partial charge in [-0.15, -0.1) is 0 Å². The first-order chi connectivity index (χ1) is 14.1. The number of nitrogens with zero attached hydrogens (tertiary/aromatic N) is 4. The van der Waals surface area contributed by atoms with Crippen molar-refractivity contribution in [2.45, 2.75) is 0 Å². The second kappa shape index (κ2) is 7.93. The summed E-state index contributed by atoms with van der Waals surface area (Å²) in [5, 5.41) is 2.97. The Morgan fingerprint density at radius 2 is 1.83 bits per heavy atom. The molecule has 2 N–H and O–H groups in total. The molecule has 2 aromatic heterocycles. The number of benzene rings is 2. The summed E-state index contributed by atoms with van der Waals surface area (Å²) in [5.74, 6) is 0.301. The smallest absolute Gasteiger partial charge is 0.255 e. The van der Waals surface area contributed by atoms with Crippen molar-refractivity contribution in [3.8, 4) is 0 Å². The fourth-order valence-electron chi connectivity index (χ4n) is 2.87. The summed E-state index contributed by atoms with van der Waals surface area (Å²) in [6.45, 7) is 0. The van der Waals surface area contributed by atoms with Gasteiger partial charge in [-0.3, -0.25) is 4.79 Å². The van der Waals surface area contributed by atoms with Crippen LogP contribution >= 0.6 is 0 Å². The minimum absolute atomic E-state index is 0.215. The Morgan fingerprint density at radius 1 is 1.07 bits per heavy atom. The van der Waals surface area contributed by atoms with Crippen LogP contribution in [0.2, 0.25) is 0 Å². The summed E-state index contributed by atoms with van der Waals surface area (Å²) in [4.78, 5) is 30.6. The number of amides is 1. The molecule has 0 aliphatic heterocycles. The SMILES string of the molecule is CN(C)c1ccc(/C=C(\NC(=O)c2ccccc2)c2nc3ncncc3[nH]2)cc1. The van der Waals surface area contributed by atoms with Crippen molar-refractivity contribution in [3.05, 3.63) is 84.1 Å². The zero-order valence-corrected chi connectivity index (χ0v) is 16.1. The minimum atomic E-state index is -0.215. The Bertz CT molecular complexity index is 1130. The predicted octanol–water partition coefficient (Wildman–Crippen LogP) is 3.35. The fourth-order valence-corrected chi connectivity index (χ4v) is 2.87. The first-order valence-electron chi connectivity index (χ1n) is 9.12. The summed E-state index contributed by atoms with van der Waals surface area (Å²) in [7, 11) is 3.98. The van der Waals surface area contributed by atoms with Crippen LogP contribution in [0.1, 0.15) is 21.7 Å². The first-order valence-corrected chi connectivity index (χ1v) is 9.12. The van der Waals surface area contributed by atoms with Crippen LogP contribution in [-0.2, 0) is 0 Å². The number of aromatic amines is 1. The molecule has 4 rings (SSSR count). The number of fused-ring (bicyclic) bond motifs is 1. The summed E-state index contributed by atoms with van der Waals surface area (Å²) in [6.07, 6.45) is 4.98. The second-order valence-corrected chi connectivity index (χ2v) is 6.71. The van der Waals surface area contributed by atoms with E-state index in [1.807, 2.05) is 67.5 Å². The molecule has 0 saturated carbocycles. The third-order valence-electron chi connectivity index (χ3n) is 4.42. The van der Waals surface area contributed by atoms with E-state index in [9.17, 15) is 4.79 Å². The highest BCUT2D eigenvalue weighted by Gasteiger charge is 2.14. The maximum Gasteiger partial charge on any atom is 0.255 e. The van der Waals surface area contributed by atoms with Crippen LogP contribution in [0.25, 0.3) is 22.9 Å². The van der Waals surface area contributed by atoms with Crippen molar-refractivity contribution in [1.29, 1.82) is 0 Å². The average Bonchev–Trinajstić information content (AvgIpc) is 3.18. The molecule has 0 bridgehead atoms. The van der Waals surface area contributed by atoms with Crippen molar-refractivity contribution >= 4 is 34.5 Å². The van der Waals surface area contributed by atoms with E-state index in [-0.39, 0.29) is 5.91 Å². The Morgan fingerprint density at radius 3 is 2.52 bits per heavy atom. The van der Waals surface area contributed by atoms with Crippen molar-refractivity contribution in [2.75, 3.05) is 19.0 Å². The van der Waals surface area contributed by atoms with Gasteiger partial charge in [0.25, 0.3) is 5.91 Å². The molecule has 0 unspecified atom stereocenters. The number of hydrogen-bond donors (Lipinski definition) is 2. The van der Waals surface area contributed by atoms with Gasteiger partial charge >= 0.3 is 0 Å². The lowest BCUT2D eigenvalue weighted by Crippen LogP contribution is -2.22. The summed E-state index contributed by atoms with van der Waals surface area (Å²) in [6, 6.07) is 17.1. The summed E-state index contributed by atoms with van der Waals surface area (Å²) in [5.41, 5.74) is 4.39. The number of imidazole rings is 1. The number of carbonyl (C=O) groups is 1. The zero-order chi connectivity index (χ0) is 20.2. The van der Waals surface area contributed by atoms with Gasteiger partial charge in [0.15, 0.2) is 11.5 Å². The van der Waals surface area contributed by atoms with Gasteiger partial charge in [-0.2, -0.15) is 0 Å². The van der Waals surface area contributed by atoms with Crippen molar-refractivity contribution < 1.29 is 4.79 Å². The second-order valence-electron chi connectivity index (χ2n) is 6.71. The van der Waals surface area contributed by atoms with Gasteiger partial charge in [0.1, 0.15) is 11.8 Å². The van der Waals surface area contributed by atoms with Gasteiger partial charge in [0.2, 0.25) is 0 Å². The number of rotatable bonds is 5.